The minimum Gasteiger partial charge on any atom is -0.494 e. The summed E-state index contributed by atoms with van der Waals surface area (Å²) in [5.41, 5.74) is 2.54. The third-order valence-corrected chi connectivity index (χ3v) is 3.51. The Balaban J connectivity index is 2.87. The smallest absolute Gasteiger partial charge is 0.123 e. The van der Waals surface area contributed by atoms with E-state index in [2.05, 4.69) is 49.3 Å². The zero-order valence-corrected chi connectivity index (χ0v) is 14.1. The largest absolute Gasteiger partial charge is 0.494 e. The molecule has 120 valence electrons. The van der Waals surface area contributed by atoms with Crippen LogP contribution in [0.15, 0.2) is 18.2 Å². The summed E-state index contributed by atoms with van der Waals surface area (Å²) in [7, 11) is 3.84. The molecule has 1 atom stereocenters. The SMILES string of the molecule is CCNC(C)c1ccc(OCC)c(CN(C)CCOC)c1. The van der Waals surface area contributed by atoms with Crippen LogP contribution in [0, 0.1) is 0 Å². The van der Waals surface area contributed by atoms with Crippen molar-refractivity contribution in [1.82, 2.24) is 10.2 Å². The Morgan fingerprint density at radius 1 is 1.29 bits per heavy atom. The Kier molecular flexibility index (Phi) is 8.35. The molecule has 21 heavy (non-hydrogen) atoms. The second kappa shape index (κ2) is 9.77. The number of nitrogens with zero attached hydrogens (tertiary/aromatic N) is 1. The molecule has 1 aromatic carbocycles. The van der Waals surface area contributed by atoms with E-state index >= 15 is 0 Å². The Morgan fingerprint density at radius 2 is 2.05 bits per heavy atom. The summed E-state index contributed by atoms with van der Waals surface area (Å²) in [6.45, 7) is 10.5. The molecule has 0 radical (unpaired) electrons. The van der Waals surface area contributed by atoms with Crippen molar-refractivity contribution in [1.29, 1.82) is 0 Å². The second-order valence-corrected chi connectivity index (χ2v) is 5.31. The molecule has 0 amide bonds. The predicted molar refractivity (Wildman–Crippen MR) is 87.9 cm³/mol. The number of ether oxygens (including phenoxy) is 2. The molecular formula is C17H30N2O2. The van der Waals surface area contributed by atoms with Crippen LogP contribution >= 0.6 is 0 Å². The second-order valence-electron chi connectivity index (χ2n) is 5.31. The molecule has 0 saturated heterocycles. The van der Waals surface area contributed by atoms with Gasteiger partial charge in [-0.15, -0.1) is 0 Å². The van der Waals surface area contributed by atoms with Crippen molar-refractivity contribution >= 4 is 0 Å². The highest BCUT2D eigenvalue weighted by Gasteiger charge is 2.11. The monoisotopic (exact) mass is 294 g/mol. The number of methoxy groups -OCH3 is 1. The summed E-state index contributed by atoms with van der Waals surface area (Å²) in [6.07, 6.45) is 0. The highest BCUT2D eigenvalue weighted by atomic mass is 16.5. The summed E-state index contributed by atoms with van der Waals surface area (Å²) >= 11 is 0. The van der Waals surface area contributed by atoms with Crippen molar-refractivity contribution in [2.75, 3.05) is 40.5 Å². The van der Waals surface area contributed by atoms with Crippen LogP contribution in [0.2, 0.25) is 0 Å². The molecule has 1 rings (SSSR count). The van der Waals surface area contributed by atoms with E-state index in [0.29, 0.717) is 12.6 Å². The Morgan fingerprint density at radius 3 is 2.67 bits per heavy atom. The van der Waals surface area contributed by atoms with E-state index in [1.807, 2.05) is 6.92 Å². The summed E-state index contributed by atoms with van der Waals surface area (Å²) in [6, 6.07) is 6.85. The topological polar surface area (TPSA) is 33.7 Å². The van der Waals surface area contributed by atoms with Crippen molar-refractivity contribution in [2.24, 2.45) is 0 Å². The van der Waals surface area contributed by atoms with Gasteiger partial charge in [0.15, 0.2) is 0 Å². The van der Waals surface area contributed by atoms with Gasteiger partial charge in [-0.3, -0.25) is 4.90 Å². The molecule has 0 heterocycles. The molecule has 0 aliphatic rings. The fourth-order valence-corrected chi connectivity index (χ4v) is 2.33. The summed E-state index contributed by atoms with van der Waals surface area (Å²) in [5, 5.41) is 3.45. The van der Waals surface area contributed by atoms with E-state index in [0.717, 1.165) is 32.0 Å². The van der Waals surface area contributed by atoms with E-state index in [-0.39, 0.29) is 0 Å². The average Bonchev–Trinajstić information content (AvgIpc) is 2.47. The van der Waals surface area contributed by atoms with Gasteiger partial charge in [-0.05, 0) is 45.1 Å². The van der Waals surface area contributed by atoms with Gasteiger partial charge in [-0.2, -0.15) is 0 Å². The lowest BCUT2D eigenvalue weighted by Gasteiger charge is -2.21. The van der Waals surface area contributed by atoms with Crippen LogP contribution in [0.3, 0.4) is 0 Å². The Labute approximate surface area is 129 Å². The molecule has 1 aromatic rings. The van der Waals surface area contributed by atoms with Gasteiger partial charge >= 0.3 is 0 Å². The number of benzene rings is 1. The van der Waals surface area contributed by atoms with Gasteiger partial charge in [0.25, 0.3) is 0 Å². The van der Waals surface area contributed by atoms with Crippen molar-refractivity contribution in [3.8, 4) is 5.75 Å². The number of hydrogen-bond acceptors (Lipinski definition) is 4. The van der Waals surface area contributed by atoms with E-state index < -0.39 is 0 Å². The van der Waals surface area contributed by atoms with Crippen LogP contribution in [-0.4, -0.2) is 45.4 Å². The van der Waals surface area contributed by atoms with Crippen LogP contribution in [0.4, 0.5) is 0 Å². The number of rotatable bonds is 10. The third kappa shape index (κ3) is 6.04. The minimum atomic E-state index is 0.355. The molecule has 0 spiro atoms. The molecule has 1 N–H and O–H groups in total. The molecule has 0 saturated carbocycles. The van der Waals surface area contributed by atoms with Crippen LogP contribution in [0.1, 0.15) is 37.9 Å². The first kappa shape index (κ1) is 18.0. The van der Waals surface area contributed by atoms with Gasteiger partial charge in [0.1, 0.15) is 5.75 Å². The molecule has 0 fully saturated rings. The maximum absolute atomic E-state index is 5.76. The standard InChI is InChI=1S/C17H30N2O2/c1-6-18-14(3)15-8-9-17(21-7-2)16(12-15)13-19(4)10-11-20-5/h8-9,12,14,18H,6-7,10-11,13H2,1-5H3. The summed E-state index contributed by atoms with van der Waals surface area (Å²) < 4.78 is 10.9. The van der Waals surface area contributed by atoms with Crippen LogP contribution in [-0.2, 0) is 11.3 Å². The van der Waals surface area contributed by atoms with Gasteiger partial charge in [0, 0.05) is 31.8 Å². The Bertz CT molecular complexity index is 410. The minimum absolute atomic E-state index is 0.355. The first-order valence-corrected chi connectivity index (χ1v) is 7.78. The fraction of sp³-hybridized carbons (Fsp3) is 0.647. The van der Waals surface area contributed by atoms with E-state index in [1.54, 1.807) is 7.11 Å². The van der Waals surface area contributed by atoms with Crippen molar-refractivity contribution in [3.63, 3.8) is 0 Å². The molecule has 4 nitrogen and oxygen atoms in total. The lowest BCUT2D eigenvalue weighted by atomic mass is 10.0. The van der Waals surface area contributed by atoms with Gasteiger partial charge in [0.05, 0.1) is 13.2 Å². The molecular weight excluding hydrogens is 264 g/mol. The number of nitrogens with one attached hydrogen (secondary N) is 1. The molecule has 0 aromatic heterocycles. The van der Waals surface area contributed by atoms with Crippen molar-refractivity contribution in [2.45, 2.75) is 33.4 Å². The normalized spacial score (nSPS) is 12.7. The van der Waals surface area contributed by atoms with Crippen molar-refractivity contribution < 1.29 is 9.47 Å². The lowest BCUT2D eigenvalue weighted by Crippen LogP contribution is -2.23. The number of hydrogen-bond donors (Lipinski definition) is 1. The predicted octanol–water partition coefficient (Wildman–Crippen LogP) is 2.83. The maximum Gasteiger partial charge on any atom is 0.123 e. The highest BCUT2D eigenvalue weighted by molar-refractivity contribution is 5.38. The Hall–Kier alpha value is -1.10. The number of likely N-dealkylation sites (N-methyl/N-ethyl adjacent to an activating group) is 1. The summed E-state index contributed by atoms with van der Waals surface area (Å²) in [5.74, 6) is 0.981. The zero-order valence-electron chi connectivity index (χ0n) is 14.1. The highest BCUT2D eigenvalue weighted by Crippen LogP contribution is 2.24. The van der Waals surface area contributed by atoms with Gasteiger partial charge in [0.2, 0.25) is 0 Å². The van der Waals surface area contributed by atoms with E-state index in [9.17, 15) is 0 Å². The fourth-order valence-electron chi connectivity index (χ4n) is 2.33. The lowest BCUT2D eigenvalue weighted by molar-refractivity contribution is 0.158. The van der Waals surface area contributed by atoms with Crippen LogP contribution in [0.5, 0.6) is 5.75 Å². The van der Waals surface area contributed by atoms with E-state index in [4.69, 9.17) is 9.47 Å². The van der Waals surface area contributed by atoms with Gasteiger partial charge < -0.3 is 14.8 Å². The first-order chi connectivity index (χ1) is 10.1. The summed E-state index contributed by atoms with van der Waals surface area (Å²) in [4.78, 5) is 2.25. The molecule has 0 aliphatic heterocycles. The molecule has 0 bridgehead atoms. The van der Waals surface area contributed by atoms with Gasteiger partial charge in [-0.1, -0.05) is 13.0 Å². The van der Waals surface area contributed by atoms with Crippen LogP contribution < -0.4 is 10.1 Å². The van der Waals surface area contributed by atoms with Crippen molar-refractivity contribution in [3.05, 3.63) is 29.3 Å². The van der Waals surface area contributed by atoms with E-state index in [1.165, 1.54) is 11.1 Å². The van der Waals surface area contributed by atoms with Gasteiger partial charge in [-0.25, -0.2) is 0 Å². The average molecular weight is 294 g/mol. The molecule has 0 aliphatic carbocycles. The first-order valence-electron chi connectivity index (χ1n) is 7.78. The maximum atomic E-state index is 5.76. The zero-order chi connectivity index (χ0) is 15.7. The quantitative estimate of drug-likeness (QED) is 0.719. The molecule has 1 unspecified atom stereocenters. The third-order valence-electron chi connectivity index (χ3n) is 3.51. The molecule has 4 heteroatoms. The van der Waals surface area contributed by atoms with Crippen LogP contribution in [0.25, 0.3) is 0 Å².